The molecule has 0 saturated heterocycles. The zero-order valence-electron chi connectivity index (χ0n) is 9.77. The van der Waals surface area contributed by atoms with Crippen molar-refractivity contribution >= 4 is 35.1 Å². The Morgan fingerprint density at radius 1 is 1.26 bits per heavy atom. The molecule has 0 heterocycles. The molecule has 0 aliphatic carbocycles. The van der Waals surface area contributed by atoms with Gasteiger partial charge >= 0.3 is 5.97 Å². The molecule has 0 unspecified atom stereocenters. The van der Waals surface area contributed by atoms with Gasteiger partial charge in [0, 0.05) is 5.56 Å². The number of carboxylic acids is 1. The highest BCUT2D eigenvalue weighted by Gasteiger charge is 2.07. The van der Waals surface area contributed by atoms with Gasteiger partial charge < -0.3 is 21.5 Å². The molecule has 0 spiro atoms. The summed E-state index contributed by atoms with van der Waals surface area (Å²) in [5.41, 5.74) is 5.78. The first-order chi connectivity index (χ1) is 8.90. The van der Waals surface area contributed by atoms with Gasteiger partial charge in [-0.25, -0.2) is 0 Å². The standard InChI is InChI=1S/C11H12ClN3O4/c12-7-3-6(11(13)19)1-2-8(7)14-4-9(16)15-5-10(17)18/h1-3,14H,4-5H2,(H2,13,19)(H,15,16)(H,17,18). The molecule has 8 heteroatoms. The third-order valence-corrected chi connectivity index (χ3v) is 2.44. The van der Waals surface area contributed by atoms with Crippen molar-refractivity contribution in [1.82, 2.24) is 5.32 Å². The highest BCUT2D eigenvalue weighted by atomic mass is 35.5. The predicted octanol–water partition coefficient (Wildman–Crippen LogP) is 0.0516. The number of hydrogen-bond donors (Lipinski definition) is 4. The normalized spacial score (nSPS) is 9.74. The Morgan fingerprint density at radius 3 is 2.47 bits per heavy atom. The van der Waals surface area contributed by atoms with Crippen LogP contribution in [-0.4, -0.2) is 36.0 Å². The number of anilines is 1. The van der Waals surface area contributed by atoms with Crippen molar-refractivity contribution in [3.8, 4) is 0 Å². The van der Waals surface area contributed by atoms with Crippen LogP contribution in [0.5, 0.6) is 0 Å². The molecular weight excluding hydrogens is 274 g/mol. The lowest BCUT2D eigenvalue weighted by molar-refractivity contribution is -0.137. The lowest BCUT2D eigenvalue weighted by Gasteiger charge is -2.09. The van der Waals surface area contributed by atoms with E-state index in [1.807, 2.05) is 0 Å². The number of benzene rings is 1. The summed E-state index contributed by atoms with van der Waals surface area (Å²) in [7, 11) is 0. The van der Waals surface area contributed by atoms with Crippen LogP contribution >= 0.6 is 11.6 Å². The molecule has 0 bridgehead atoms. The highest BCUT2D eigenvalue weighted by molar-refractivity contribution is 6.33. The van der Waals surface area contributed by atoms with Gasteiger partial charge in [-0.2, -0.15) is 0 Å². The number of carbonyl (C=O) groups excluding carboxylic acids is 2. The Morgan fingerprint density at radius 2 is 1.95 bits per heavy atom. The van der Waals surface area contributed by atoms with E-state index in [0.717, 1.165) is 0 Å². The smallest absolute Gasteiger partial charge is 0.322 e. The molecule has 5 N–H and O–H groups in total. The maximum absolute atomic E-state index is 11.3. The summed E-state index contributed by atoms with van der Waals surface area (Å²) < 4.78 is 0. The van der Waals surface area contributed by atoms with Gasteiger partial charge in [-0.05, 0) is 18.2 Å². The van der Waals surface area contributed by atoms with Crippen molar-refractivity contribution in [2.75, 3.05) is 18.4 Å². The van der Waals surface area contributed by atoms with E-state index < -0.39 is 24.3 Å². The summed E-state index contributed by atoms with van der Waals surface area (Å²) in [5.74, 6) is -2.22. The second-order valence-electron chi connectivity index (χ2n) is 3.58. The molecule has 19 heavy (non-hydrogen) atoms. The minimum absolute atomic E-state index is 0.136. The van der Waals surface area contributed by atoms with Crippen LogP contribution in [0.25, 0.3) is 0 Å². The van der Waals surface area contributed by atoms with Gasteiger partial charge in [-0.15, -0.1) is 0 Å². The minimum atomic E-state index is -1.13. The Bertz CT molecular complexity index is 519. The first kappa shape index (κ1) is 14.8. The van der Waals surface area contributed by atoms with Crippen molar-refractivity contribution in [3.05, 3.63) is 28.8 Å². The molecule has 0 saturated carbocycles. The predicted molar refractivity (Wildman–Crippen MR) is 69.1 cm³/mol. The van der Waals surface area contributed by atoms with E-state index in [0.29, 0.717) is 5.69 Å². The Kier molecular flexibility index (Phi) is 5.13. The summed E-state index contributed by atoms with van der Waals surface area (Å²) in [4.78, 5) is 32.4. The Balaban J connectivity index is 2.56. The Hall–Kier alpha value is -2.28. The molecule has 1 aromatic carbocycles. The van der Waals surface area contributed by atoms with Crippen LogP contribution in [0.2, 0.25) is 5.02 Å². The maximum atomic E-state index is 11.3. The monoisotopic (exact) mass is 285 g/mol. The third kappa shape index (κ3) is 4.84. The average molecular weight is 286 g/mol. The number of hydrogen-bond acceptors (Lipinski definition) is 4. The molecule has 7 nitrogen and oxygen atoms in total. The van der Waals surface area contributed by atoms with E-state index in [1.165, 1.54) is 18.2 Å². The summed E-state index contributed by atoms with van der Waals surface area (Å²) in [6, 6.07) is 4.35. The van der Waals surface area contributed by atoms with Crippen molar-refractivity contribution < 1.29 is 19.5 Å². The molecule has 0 fully saturated rings. The zero-order chi connectivity index (χ0) is 14.4. The number of nitrogens with two attached hydrogens (primary N) is 1. The fourth-order valence-corrected chi connectivity index (χ4v) is 1.47. The van der Waals surface area contributed by atoms with E-state index in [-0.39, 0.29) is 17.1 Å². The first-order valence-electron chi connectivity index (χ1n) is 5.22. The van der Waals surface area contributed by atoms with Gasteiger partial charge in [-0.1, -0.05) is 11.6 Å². The number of halogens is 1. The number of aliphatic carboxylic acids is 1. The van der Waals surface area contributed by atoms with Crippen molar-refractivity contribution in [2.45, 2.75) is 0 Å². The minimum Gasteiger partial charge on any atom is -0.480 e. The van der Waals surface area contributed by atoms with Gasteiger partial charge in [0.15, 0.2) is 0 Å². The quantitative estimate of drug-likeness (QED) is 0.588. The van der Waals surface area contributed by atoms with Gasteiger partial charge in [0.2, 0.25) is 11.8 Å². The molecule has 0 atom stereocenters. The summed E-state index contributed by atoms with van der Waals surface area (Å²) in [6.45, 7) is -0.586. The number of nitrogens with one attached hydrogen (secondary N) is 2. The summed E-state index contributed by atoms with van der Waals surface area (Å²) in [5, 5.41) is 13.5. The molecule has 1 aromatic rings. The van der Waals surface area contributed by atoms with Gasteiger partial charge in [0.05, 0.1) is 17.3 Å². The van der Waals surface area contributed by atoms with Crippen LogP contribution < -0.4 is 16.4 Å². The average Bonchev–Trinajstić information content (AvgIpc) is 2.34. The molecular formula is C11H12ClN3O4. The van der Waals surface area contributed by atoms with Crippen LogP contribution in [-0.2, 0) is 9.59 Å². The number of primary amides is 1. The van der Waals surface area contributed by atoms with E-state index in [9.17, 15) is 14.4 Å². The molecule has 102 valence electrons. The first-order valence-corrected chi connectivity index (χ1v) is 5.59. The van der Waals surface area contributed by atoms with Crippen molar-refractivity contribution in [2.24, 2.45) is 5.73 Å². The number of carboxylic acid groups (broad SMARTS) is 1. The lowest BCUT2D eigenvalue weighted by Crippen LogP contribution is -2.33. The van der Waals surface area contributed by atoms with Crippen LogP contribution in [0.15, 0.2) is 18.2 Å². The highest BCUT2D eigenvalue weighted by Crippen LogP contribution is 2.22. The van der Waals surface area contributed by atoms with Gasteiger partial charge in [0.1, 0.15) is 6.54 Å². The van der Waals surface area contributed by atoms with E-state index in [2.05, 4.69) is 10.6 Å². The van der Waals surface area contributed by atoms with Crippen LogP contribution in [0.1, 0.15) is 10.4 Å². The second kappa shape index (κ2) is 6.60. The fourth-order valence-electron chi connectivity index (χ4n) is 1.22. The number of carbonyl (C=O) groups is 3. The number of rotatable bonds is 6. The molecule has 0 radical (unpaired) electrons. The molecule has 0 aromatic heterocycles. The summed E-state index contributed by atoms with van der Waals surface area (Å²) in [6.07, 6.45) is 0. The van der Waals surface area contributed by atoms with Crippen LogP contribution in [0.3, 0.4) is 0 Å². The molecule has 1 rings (SSSR count). The Labute approximate surface area is 113 Å². The van der Waals surface area contributed by atoms with Crippen LogP contribution in [0.4, 0.5) is 5.69 Å². The van der Waals surface area contributed by atoms with E-state index in [1.54, 1.807) is 0 Å². The van der Waals surface area contributed by atoms with Crippen molar-refractivity contribution in [1.29, 1.82) is 0 Å². The van der Waals surface area contributed by atoms with Gasteiger partial charge in [0.25, 0.3) is 0 Å². The van der Waals surface area contributed by atoms with Gasteiger partial charge in [-0.3, -0.25) is 14.4 Å². The third-order valence-electron chi connectivity index (χ3n) is 2.13. The lowest BCUT2D eigenvalue weighted by atomic mass is 10.2. The number of amides is 2. The molecule has 2 amide bonds. The summed E-state index contributed by atoms with van der Waals surface area (Å²) >= 11 is 5.89. The largest absolute Gasteiger partial charge is 0.480 e. The molecule has 0 aliphatic rings. The zero-order valence-corrected chi connectivity index (χ0v) is 10.5. The molecule has 0 aliphatic heterocycles. The van der Waals surface area contributed by atoms with E-state index in [4.69, 9.17) is 22.4 Å². The SMILES string of the molecule is NC(=O)c1ccc(NCC(=O)NCC(=O)O)c(Cl)c1. The second-order valence-corrected chi connectivity index (χ2v) is 3.99. The van der Waals surface area contributed by atoms with Crippen LogP contribution in [0, 0.1) is 0 Å². The van der Waals surface area contributed by atoms with Crippen molar-refractivity contribution in [3.63, 3.8) is 0 Å². The topological polar surface area (TPSA) is 122 Å². The van der Waals surface area contributed by atoms with E-state index >= 15 is 0 Å². The fraction of sp³-hybridized carbons (Fsp3) is 0.182. The maximum Gasteiger partial charge on any atom is 0.322 e.